The Labute approximate surface area is 249 Å². The third-order valence-electron chi connectivity index (χ3n) is 7.70. The molecule has 4 aromatic rings. The molecule has 0 saturated carbocycles. The molecule has 7 nitrogen and oxygen atoms in total. The zero-order valence-electron chi connectivity index (χ0n) is 23.4. The lowest BCUT2D eigenvalue weighted by molar-refractivity contribution is -0.139. The smallest absolute Gasteiger partial charge is 0.110 e. The lowest BCUT2D eigenvalue weighted by Gasteiger charge is -2.31. The number of rotatable bonds is 10. The van der Waals surface area contributed by atoms with E-state index < -0.39 is 45.7 Å². The molecule has 0 bridgehead atoms. The van der Waals surface area contributed by atoms with E-state index in [1.54, 1.807) is 24.3 Å². The number of anilines is 2. The summed E-state index contributed by atoms with van der Waals surface area (Å²) in [6.07, 6.45) is -3.77. The van der Waals surface area contributed by atoms with Crippen LogP contribution in [0.15, 0.2) is 109 Å². The van der Waals surface area contributed by atoms with Gasteiger partial charge in [0.25, 0.3) is 0 Å². The van der Waals surface area contributed by atoms with Crippen molar-refractivity contribution in [2.24, 2.45) is 0 Å². The lowest BCUT2D eigenvalue weighted by atomic mass is 9.94. The number of hydrogen-bond acceptors (Lipinski definition) is 7. The van der Waals surface area contributed by atoms with Crippen molar-refractivity contribution in [2.45, 2.75) is 61.0 Å². The van der Waals surface area contributed by atoms with Gasteiger partial charge in [-0.05, 0) is 59.4 Å². The molecule has 0 aliphatic carbocycles. The second-order valence-corrected chi connectivity index (χ2v) is 12.7. The number of aliphatic hydroxyl groups excluding tert-OH is 2. The van der Waals surface area contributed by atoms with E-state index in [2.05, 4.69) is 0 Å². The first-order chi connectivity index (χ1) is 20.4. The van der Waals surface area contributed by atoms with Crippen LogP contribution in [-0.2, 0) is 46.3 Å². The summed E-state index contributed by atoms with van der Waals surface area (Å²) in [5.74, 6) is 0. The Bertz CT molecular complexity index is 1350. The highest BCUT2D eigenvalue weighted by molar-refractivity contribution is 7.86. The summed E-state index contributed by atoms with van der Waals surface area (Å²) in [4.78, 5) is 0. The molecule has 0 radical (unpaired) electrons. The Hall–Kier alpha value is -3.53. The molecule has 5 rings (SSSR count). The number of aliphatic hydroxyl groups is 2. The van der Waals surface area contributed by atoms with Crippen molar-refractivity contribution in [3.63, 3.8) is 0 Å². The van der Waals surface area contributed by atoms with Crippen LogP contribution in [0.4, 0.5) is 11.4 Å². The molecular formula is C34H38N2O5S. The number of nitrogen functional groups attached to an aromatic ring is 2. The molecule has 42 heavy (non-hydrogen) atoms. The van der Waals surface area contributed by atoms with E-state index in [9.17, 15) is 14.4 Å². The third-order valence-corrected chi connectivity index (χ3v) is 9.76. The molecular weight excluding hydrogens is 548 g/mol. The Morgan fingerprint density at radius 3 is 1.33 bits per heavy atom. The number of hydrogen-bond donors (Lipinski definition) is 4. The molecule has 1 aliphatic heterocycles. The van der Waals surface area contributed by atoms with Crippen molar-refractivity contribution >= 4 is 22.2 Å². The van der Waals surface area contributed by atoms with Gasteiger partial charge in [0.15, 0.2) is 0 Å². The Morgan fingerprint density at radius 1 is 0.571 bits per heavy atom. The largest absolute Gasteiger partial charge is 0.399 e. The number of ether oxygens (including phenoxy) is 2. The van der Waals surface area contributed by atoms with Crippen LogP contribution in [0.3, 0.4) is 0 Å². The zero-order valence-corrected chi connectivity index (χ0v) is 24.2. The van der Waals surface area contributed by atoms with Crippen LogP contribution in [0.5, 0.6) is 0 Å². The van der Waals surface area contributed by atoms with E-state index in [-0.39, 0.29) is 13.2 Å². The average Bonchev–Trinajstić information content (AvgIpc) is 3.06. The van der Waals surface area contributed by atoms with E-state index in [0.717, 1.165) is 22.3 Å². The van der Waals surface area contributed by atoms with Gasteiger partial charge in [0, 0.05) is 22.2 Å². The van der Waals surface area contributed by atoms with Crippen LogP contribution < -0.4 is 11.5 Å². The Balaban J connectivity index is 1.50. The first-order valence-electron chi connectivity index (χ1n) is 14.1. The average molecular weight is 587 g/mol. The van der Waals surface area contributed by atoms with Gasteiger partial charge in [0.1, 0.15) is 24.4 Å². The van der Waals surface area contributed by atoms with Gasteiger partial charge in [-0.1, -0.05) is 84.9 Å². The second-order valence-electron chi connectivity index (χ2n) is 10.8. The SMILES string of the molecule is Nc1cccc(COC2C(O)C(O)C(OCc3cccc(N)c3)C(Cc3ccccc3)S(=O)C2Cc2ccccc2)c1. The molecule has 1 heterocycles. The van der Waals surface area contributed by atoms with Gasteiger partial charge in [0.05, 0.1) is 23.7 Å². The van der Waals surface area contributed by atoms with Gasteiger partial charge in [0.2, 0.25) is 0 Å². The zero-order chi connectivity index (χ0) is 29.5. The van der Waals surface area contributed by atoms with Gasteiger partial charge < -0.3 is 31.2 Å². The van der Waals surface area contributed by atoms with Crippen LogP contribution in [0.2, 0.25) is 0 Å². The molecule has 1 saturated heterocycles. The van der Waals surface area contributed by atoms with Crippen LogP contribution in [0.25, 0.3) is 0 Å². The summed E-state index contributed by atoms with van der Waals surface area (Å²) < 4.78 is 27.4. The van der Waals surface area contributed by atoms with Gasteiger partial charge in [-0.2, -0.15) is 0 Å². The Morgan fingerprint density at radius 2 is 0.952 bits per heavy atom. The first kappa shape index (κ1) is 29.9. The van der Waals surface area contributed by atoms with E-state index in [0.29, 0.717) is 24.2 Å². The van der Waals surface area contributed by atoms with E-state index in [1.807, 2.05) is 84.9 Å². The van der Waals surface area contributed by atoms with Crippen molar-refractivity contribution in [3.05, 3.63) is 131 Å². The maximum atomic E-state index is 14.7. The molecule has 4 aromatic carbocycles. The van der Waals surface area contributed by atoms with E-state index in [1.165, 1.54) is 0 Å². The Kier molecular flexibility index (Phi) is 10.0. The highest BCUT2D eigenvalue weighted by Crippen LogP contribution is 2.33. The van der Waals surface area contributed by atoms with Crippen molar-refractivity contribution < 1.29 is 23.9 Å². The molecule has 0 amide bonds. The van der Waals surface area contributed by atoms with Crippen LogP contribution in [-0.4, -0.2) is 49.3 Å². The van der Waals surface area contributed by atoms with Crippen LogP contribution in [0, 0.1) is 0 Å². The summed E-state index contributed by atoms with van der Waals surface area (Å²) in [5.41, 5.74) is 16.7. The summed E-state index contributed by atoms with van der Waals surface area (Å²) >= 11 is 0. The maximum Gasteiger partial charge on any atom is 0.110 e. The van der Waals surface area contributed by atoms with Crippen molar-refractivity contribution in [1.29, 1.82) is 0 Å². The lowest BCUT2D eigenvalue weighted by Crippen LogP contribution is -2.49. The normalized spacial score (nSPS) is 26.0. The predicted molar refractivity (Wildman–Crippen MR) is 167 cm³/mol. The van der Waals surface area contributed by atoms with Gasteiger partial charge in [-0.25, -0.2) is 0 Å². The van der Waals surface area contributed by atoms with Crippen LogP contribution >= 0.6 is 0 Å². The summed E-state index contributed by atoms with van der Waals surface area (Å²) in [6.45, 7) is 0.278. The maximum absolute atomic E-state index is 14.7. The standard InChI is InChI=1S/C34H38N2O5S/c35-27-15-7-13-25(17-27)21-40-33-29(19-23-9-3-1-4-10-23)42(39)30(20-24-11-5-2-6-12-24)34(32(38)31(33)37)41-22-26-14-8-16-28(36)18-26/h1-18,29-34,37-38H,19-22,35-36H2. The molecule has 6 unspecified atom stereocenters. The highest BCUT2D eigenvalue weighted by atomic mass is 32.2. The van der Waals surface area contributed by atoms with E-state index in [4.69, 9.17) is 20.9 Å². The fourth-order valence-corrected chi connectivity index (χ4v) is 7.74. The molecule has 6 atom stereocenters. The molecule has 6 N–H and O–H groups in total. The minimum absolute atomic E-state index is 0.139. The monoisotopic (exact) mass is 586 g/mol. The highest BCUT2D eigenvalue weighted by Gasteiger charge is 2.50. The van der Waals surface area contributed by atoms with E-state index >= 15 is 0 Å². The third kappa shape index (κ3) is 7.45. The molecule has 1 aliphatic rings. The van der Waals surface area contributed by atoms with Crippen molar-refractivity contribution in [1.82, 2.24) is 0 Å². The second kappa shape index (κ2) is 14.1. The molecule has 0 aromatic heterocycles. The van der Waals surface area contributed by atoms with Gasteiger partial charge in [-0.15, -0.1) is 0 Å². The summed E-state index contributed by atoms with van der Waals surface area (Å²) in [7, 11) is -1.58. The minimum atomic E-state index is -1.58. The minimum Gasteiger partial charge on any atom is -0.399 e. The fourth-order valence-electron chi connectivity index (χ4n) is 5.57. The van der Waals surface area contributed by atoms with Gasteiger partial charge in [-0.3, -0.25) is 4.21 Å². The molecule has 8 heteroatoms. The topological polar surface area (TPSA) is 128 Å². The van der Waals surface area contributed by atoms with Crippen molar-refractivity contribution in [2.75, 3.05) is 11.5 Å². The fraction of sp³-hybridized carbons (Fsp3) is 0.294. The first-order valence-corrected chi connectivity index (χ1v) is 15.4. The quantitative estimate of drug-likeness (QED) is 0.207. The summed E-state index contributed by atoms with van der Waals surface area (Å²) in [5, 5.41) is 22.1. The molecule has 0 spiro atoms. The van der Waals surface area contributed by atoms with Crippen LogP contribution in [0.1, 0.15) is 22.3 Å². The van der Waals surface area contributed by atoms with Gasteiger partial charge >= 0.3 is 0 Å². The summed E-state index contributed by atoms with van der Waals surface area (Å²) in [6, 6.07) is 34.1. The number of benzene rings is 4. The predicted octanol–water partition coefficient (Wildman–Crippen LogP) is 4.03. The molecule has 220 valence electrons. The molecule has 1 fully saturated rings. The van der Waals surface area contributed by atoms with Crippen molar-refractivity contribution in [3.8, 4) is 0 Å². The number of nitrogens with two attached hydrogens (primary N) is 2.